The van der Waals surface area contributed by atoms with E-state index >= 15 is 0 Å². The zero-order chi connectivity index (χ0) is 27.3. The fourth-order valence-electron chi connectivity index (χ4n) is 5.35. The number of hydrogen-bond acceptors (Lipinski definition) is 11. The van der Waals surface area contributed by atoms with Gasteiger partial charge in [-0.05, 0) is 37.6 Å². The van der Waals surface area contributed by atoms with E-state index in [1.54, 1.807) is 12.4 Å². The van der Waals surface area contributed by atoms with Crippen molar-refractivity contribution in [2.45, 2.75) is 12.8 Å². The molecule has 0 spiro atoms. The molecule has 0 radical (unpaired) electrons. The molecular weight excluding hydrogens is 510 g/mol. The summed E-state index contributed by atoms with van der Waals surface area (Å²) in [6.45, 7) is 8.51. The van der Waals surface area contributed by atoms with Crippen LogP contribution in [0.2, 0.25) is 0 Å². The summed E-state index contributed by atoms with van der Waals surface area (Å²) in [5.74, 6) is 1.64. The van der Waals surface area contributed by atoms with Crippen LogP contribution in [0.15, 0.2) is 36.7 Å². The van der Waals surface area contributed by atoms with Gasteiger partial charge in [0, 0.05) is 74.0 Å². The molecule has 40 heavy (non-hydrogen) atoms. The van der Waals surface area contributed by atoms with Gasteiger partial charge in [-0.2, -0.15) is 4.98 Å². The van der Waals surface area contributed by atoms with Gasteiger partial charge in [-0.3, -0.25) is 9.69 Å². The lowest BCUT2D eigenvalue weighted by molar-refractivity contribution is 0.0374. The Morgan fingerprint density at radius 3 is 2.50 bits per heavy atom. The summed E-state index contributed by atoms with van der Waals surface area (Å²) in [5, 5.41) is 3.08. The van der Waals surface area contributed by atoms with Crippen LogP contribution in [0.1, 0.15) is 22.3 Å². The van der Waals surface area contributed by atoms with Crippen molar-refractivity contribution in [1.82, 2.24) is 30.2 Å². The summed E-state index contributed by atoms with van der Waals surface area (Å²) in [5.41, 5.74) is 9.94. The Labute approximate surface area is 233 Å². The fourth-order valence-corrected chi connectivity index (χ4v) is 5.35. The number of rotatable bonds is 8. The van der Waals surface area contributed by atoms with E-state index in [1.165, 1.54) is 0 Å². The van der Waals surface area contributed by atoms with Crippen LogP contribution in [0.25, 0.3) is 11.3 Å². The predicted molar refractivity (Wildman–Crippen MR) is 152 cm³/mol. The van der Waals surface area contributed by atoms with Gasteiger partial charge in [-0.1, -0.05) is 6.07 Å². The highest BCUT2D eigenvalue weighted by molar-refractivity contribution is 5.95. The number of ether oxygens (including phenoxy) is 2. The summed E-state index contributed by atoms with van der Waals surface area (Å²) >= 11 is 0. The topological polar surface area (TPSA) is 135 Å². The highest BCUT2D eigenvalue weighted by atomic mass is 16.5. The fraction of sp³-hybridized carbons (Fsp3) is 0.464. The van der Waals surface area contributed by atoms with E-state index in [0.717, 1.165) is 93.7 Å². The normalized spacial score (nSPS) is 17.6. The Hall–Kier alpha value is -3.87. The molecule has 0 unspecified atom stereocenters. The first-order valence-electron chi connectivity index (χ1n) is 13.9. The Morgan fingerprint density at radius 1 is 0.975 bits per heavy atom. The molecule has 3 aliphatic heterocycles. The van der Waals surface area contributed by atoms with E-state index in [1.807, 2.05) is 24.3 Å². The maximum atomic E-state index is 13.0. The quantitative estimate of drug-likeness (QED) is 0.399. The molecule has 1 aromatic carbocycles. The van der Waals surface area contributed by atoms with Gasteiger partial charge in [0.2, 0.25) is 11.9 Å². The number of benzene rings is 1. The average Bonchev–Trinajstić information content (AvgIpc) is 3.44. The molecule has 0 atom stereocenters. The van der Waals surface area contributed by atoms with Gasteiger partial charge in [0.25, 0.3) is 5.91 Å². The second-order valence-electron chi connectivity index (χ2n) is 10.1. The number of nitrogens with zero attached hydrogens (tertiary/aromatic N) is 7. The number of aromatic nitrogens is 4. The van der Waals surface area contributed by atoms with Gasteiger partial charge in [0.05, 0.1) is 32.1 Å². The molecule has 0 bridgehead atoms. The predicted octanol–water partition coefficient (Wildman–Crippen LogP) is 1.50. The van der Waals surface area contributed by atoms with Gasteiger partial charge < -0.3 is 30.3 Å². The number of carbonyl (C=O) groups excluding carboxylic acids is 1. The number of carbonyl (C=O) groups is 1. The van der Waals surface area contributed by atoms with E-state index in [9.17, 15) is 4.79 Å². The first kappa shape index (κ1) is 26.4. The van der Waals surface area contributed by atoms with Crippen molar-refractivity contribution in [3.8, 4) is 11.3 Å². The van der Waals surface area contributed by atoms with E-state index in [-0.39, 0.29) is 11.9 Å². The van der Waals surface area contributed by atoms with Gasteiger partial charge in [-0.15, -0.1) is 0 Å². The number of hydrogen-bond donors (Lipinski definition) is 2. The van der Waals surface area contributed by atoms with Crippen molar-refractivity contribution in [2.24, 2.45) is 0 Å². The molecule has 6 rings (SSSR count). The number of nitrogens with one attached hydrogen (secondary N) is 1. The van der Waals surface area contributed by atoms with Gasteiger partial charge in [-0.25, -0.2) is 15.0 Å². The highest BCUT2D eigenvalue weighted by Crippen LogP contribution is 2.39. The summed E-state index contributed by atoms with van der Waals surface area (Å²) in [4.78, 5) is 38.1. The molecule has 3 aliphatic rings. The molecule has 0 aliphatic carbocycles. The molecule has 2 fully saturated rings. The maximum Gasteiger partial charge on any atom is 0.251 e. The van der Waals surface area contributed by atoms with Gasteiger partial charge >= 0.3 is 0 Å². The molecule has 3 N–H and O–H groups in total. The van der Waals surface area contributed by atoms with Crippen molar-refractivity contribution in [3.63, 3.8) is 0 Å². The molecule has 2 aromatic heterocycles. The Bertz CT molecular complexity index is 1330. The molecule has 0 saturated carbocycles. The lowest BCUT2D eigenvalue weighted by Gasteiger charge is -2.28. The zero-order valence-corrected chi connectivity index (χ0v) is 22.6. The third-order valence-electron chi connectivity index (χ3n) is 7.51. The third-order valence-corrected chi connectivity index (χ3v) is 7.51. The zero-order valence-electron chi connectivity index (χ0n) is 22.6. The van der Waals surface area contributed by atoms with E-state index in [4.69, 9.17) is 25.2 Å². The third kappa shape index (κ3) is 5.83. The Morgan fingerprint density at radius 2 is 1.73 bits per heavy atom. The smallest absolute Gasteiger partial charge is 0.251 e. The van der Waals surface area contributed by atoms with Crippen molar-refractivity contribution in [1.29, 1.82) is 0 Å². The van der Waals surface area contributed by atoms with Crippen LogP contribution in [0.4, 0.5) is 23.4 Å². The average molecular weight is 546 g/mol. The van der Waals surface area contributed by atoms with Crippen LogP contribution in [-0.4, -0.2) is 103 Å². The monoisotopic (exact) mass is 545 g/mol. The summed E-state index contributed by atoms with van der Waals surface area (Å²) in [6.07, 6.45) is 5.08. The minimum atomic E-state index is -0.0698. The van der Waals surface area contributed by atoms with Crippen LogP contribution >= 0.6 is 0 Å². The number of fused-ring (bicyclic) bond motifs is 1. The number of morpholine rings is 2. The highest BCUT2D eigenvalue weighted by Gasteiger charge is 2.29. The second-order valence-corrected chi connectivity index (χ2v) is 10.1. The lowest BCUT2D eigenvalue weighted by atomic mass is 10.1. The van der Waals surface area contributed by atoms with Crippen molar-refractivity contribution in [2.75, 3.05) is 87.8 Å². The Kier molecular flexibility index (Phi) is 7.98. The molecule has 5 heterocycles. The minimum Gasteiger partial charge on any atom is -0.379 e. The largest absolute Gasteiger partial charge is 0.379 e. The molecule has 3 aromatic rings. The van der Waals surface area contributed by atoms with Crippen LogP contribution in [0, 0.1) is 0 Å². The van der Waals surface area contributed by atoms with Gasteiger partial charge in [0.1, 0.15) is 5.82 Å². The van der Waals surface area contributed by atoms with E-state index in [2.05, 4.69) is 30.0 Å². The molecular formula is C28H35N9O3. The van der Waals surface area contributed by atoms with E-state index in [0.29, 0.717) is 31.3 Å². The van der Waals surface area contributed by atoms with Crippen LogP contribution in [-0.2, 0) is 15.9 Å². The standard InChI is InChI=1S/C28H35N9O3/c29-27-31-18-21(19-32-27)24-23-5-8-37(25(23)34-28(33-24)36-11-15-40-16-12-36)22-4-1-3-20(17-22)26(38)30-6-2-7-35-9-13-39-14-10-35/h1,3-4,17-19H,2,5-16H2,(H,30,38)(H2,29,31,32). The van der Waals surface area contributed by atoms with E-state index < -0.39 is 0 Å². The molecule has 210 valence electrons. The van der Waals surface area contributed by atoms with Gasteiger partial charge in [0.15, 0.2) is 0 Å². The molecule has 1 amide bonds. The Balaban J connectivity index is 1.22. The van der Waals surface area contributed by atoms with Crippen LogP contribution < -0.4 is 20.9 Å². The summed E-state index contributed by atoms with van der Waals surface area (Å²) < 4.78 is 11.0. The maximum absolute atomic E-state index is 13.0. The number of nitrogen functional groups attached to an aromatic ring is 1. The molecule has 12 nitrogen and oxygen atoms in total. The number of anilines is 4. The first-order valence-corrected chi connectivity index (χ1v) is 13.9. The first-order chi connectivity index (χ1) is 19.7. The number of amides is 1. The molecule has 12 heteroatoms. The SMILES string of the molecule is Nc1ncc(-c2nc(N3CCOCC3)nc3c2CCN3c2cccc(C(=O)NCCCN3CCOCC3)c2)cn1. The van der Waals surface area contributed by atoms with Crippen molar-refractivity contribution in [3.05, 3.63) is 47.8 Å². The van der Waals surface area contributed by atoms with Crippen LogP contribution in [0.5, 0.6) is 0 Å². The summed E-state index contributed by atoms with van der Waals surface area (Å²) in [7, 11) is 0. The number of nitrogens with two attached hydrogens (primary N) is 1. The van der Waals surface area contributed by atoms with Crippen LogP contribution in [0.3, 0.4) is 0 Å². The van der Waals surface area contributed by atoms with Crippen molar-refractivity contribution >= 4 is 29.3 Å². The lowest BCUT2D eigenvalue weighted by Crippen LogP contribution is -2.38. The minimum absolute atomic E-state index is 0.0698. The summed E-state index contributed by atoms with van der Waals surface area (Å²) in [6, 6.07) is 7.74. The second kappa shape index (κ2) is 12.1. The van der Waals surface area contributed by atoms with Crippen molar-refractivity contribution < 1.29 is 14.3 Å². The molecule has 2 saturated heterocycles.